The summed E-state index contributed by atoms with van der Waals surface area (Å²) in [6.45, 7) is 4.64. The van der Waals surface area contributed by atoms with Crippen molar-refractivity contribution in [2.75, 3.05) is 19.6 Å². The molecule has 1 unspecified atom stereocenters. The average molecular weight is 154 g/mol. The molecule has 0 aliphatic carbocycles. The Morgan fingerprint density at radius 2 is 2.36 bits per heavy atom. The van der Waals surface area contributed by atoms with Crippen LogP contribution in [0.15, 0.2) is 0 Å². The summed E-state index contributed by atoms with van der Waals surface area (Å²) in [6, 6.07) is 0. The van der Waals surface area contributed by atoms with E-state index in [4.69, 9.17) is 0 Å². The number of hydrogen-bond donors (Lipinski definition) is 3. The van der Waals surface area contributed by atoms with Crippen LogP contribution in [0.25, 0.3) is 0 Å². The van der Waals surface area contributed by atoms with Gasteiger partial charge in [-0.2, -0.15) is 0 Å². The fourth-order valence-electron chi connectivity index (χ4n) is 1.61. The van der Waals surface area contributed by atoms with Crippen molar-refractivity contribution in [1.29, 1.82) is 0 Å². The zero-order valence-electron chi connectivity index (χ0n) is 6.31. The fraction of sp³-hybridized carbons (Fsp3) is 0.714. The van der Waals surface area contributed by atoms with E-state index in [9.17, 15) is 4.79 Å². The monoisotopic (exact) mass is 154 g/mol. The van der Waals surface area contributed by atoms with Crippen molar-refractivity contribution in [3.8, 4) is 0 Å². The third-order valence-corrected chi connectivity index (χ3v) is 2.20. The van der Waals surface area contributed by atoms with Crippen LogP contribution >= 0.6 is 0 Å². The van der Waals surface area contributed by atoms with Crippen LogP contribution < -0.4 is 16.0 Å². The normalized spacial score (nSPS) is 37.6. The Morgan fingerprint density at radius 3 is 2.91 bits per heavy atom. The van der Waals surface area contributed by atoms with Crippen LogP contribution in [0, 0.1) is 6.54 Å². The second-order valence-electron chi connectivity index (χ2n) is 3.15. The van der Waals surface area contributed by atoms with Gasteiger partial charge in [0.1, 0.15) is 0 Å². The van der Waals surface area contributed by atoms with Gasteiger partial charge < -0.3 is 16.0 Å². The van der Waals surface area contributed by atoms with E-state index < -0.39 is 0 Å². The Morgan fingerprint density at radius 1 is 1.45 bits per heavy atom. The molecule has 3 N–H and O–H groups in total. The molecule has 2 rings (SSSR count). The zero-order chi connectivity index (χ0) is 7.73. The van der Waals surface area contributed by atoms with Gasteiger partial charge in [-0.1, -0.05) is 0 Å². The van der Waals surface area contributed by atoms with Crippen LogP contribution in [0.5, 0.6) is 0 Å². The van der Waals surface area contributed by atoms with Gasteiger partial charge in [0.05, 0.1) is 12.1 Å². The molecule has 1 amide bonds. The van der Waals surface area contributed by atoms with Crippen LogP contribution in [0.2, 0.25) is 0 Å². The largest absolute Gasteiger partial charge is 0.349 e. The van der Waals surface area contributed by atoms with E-state index in [-0.39, 0.29) is 11.4 Å². The first kappa shape index (κ1) is 7.06. The van der Waals surface area contributed by atoms with Gasteiger partial charge in [-0.05, 0) is 0 Å². The van der Waals surface area contributed by atoms with Crippen molar-refractivity contribution in [1.82, 2.24) is 16.0 Å². The molecule has 2 fully saturated rings. The first-order valence-electron chi connectivity index (χ1n) is 3.90. The number of amides is 1. The Labute approximate surface area is 65.7 Å². The van der Waals surface area contributed by atoms with E-state index in [0.29, 0.717) is 6.42 Å². The predicted molar refractivity (Wildman–Crippen MR) is 40.7 cm³/mol. The van der Waals surface area contributed by atoms with Gasteiger partial charge in [0.2, 0.25) is 5.91 Å². The number of carbonyl (C=O) groups excluding carboxylic acids is 1. The molecule has 0 bridgehead atoms. The molecule has 4 heteroatoms. The van der Waals surface area contributed by atoms with E-state index in [1.54, 1.807) is 0 Å². The van der Waals surface area contributed by atoms with Crippen LogP contribution in [-0.2, 0) is 4.79 Å². The van der Waals surface area contributed by atoms with Gasteiger partial charge in [-0.3, -0.25) is 4.79 Å². The van der Waals surface area contributed by atoms with Crippen LogP contribution in [0.1, 0.15) is 6.42 Å². The summed E-state index contributed by atoms with van der Waals surface area (Å²) in [4.78, 5) is 10.9. The molecule has 61 valence electrons. The highest BCUT2D eigenvalue weighted by Gasteiger charge is 2.39. The summed E-state index contributed by atoms with van der Waals surface area (Å²) in [7, 11) is 0. The molecule has 2 saturated heterocycles. The smallest absolute Gasteiger partial charge is 0.222 e. The predicted octanol–water partition coefficient (Wildman–Crippen LogP) is -1.40. The lowest BCUT2D eigenvalue weighted by Crippen LogP contribution is -2.58. The van der Waals surface area contributed by atoms with Crippen LogP contribution in [0.4, 0.5) is 0 Å². The van der Waals surface area contributed by atoms with Crippen LogP contribution in [-0.4, -0.2) is 31.1 Å². The Balaban J connectivity index is 2.03. The summed E-state index contributed by atoms with van der Waals surface area (Å²) in [5.41, 5.74) is -0.102. The van der Waals surface area contributed by atoms with E-state index >= 15 is 0 Å². The minimum Gasteiger partial charge on any atom is -0.349 e. The molecule has 1 radical (unpaired) electrons. The summed E-state index contributed by atoms with van der Waals surface area (Å²) in [6.07, 6.45) is 0.569. The second-order valence-corrected chi connectivity index (χ2v) is 3.15. The third kappa shape index (κ3) is 1.23. The molecule has 0 aromatic heterocycles. The molecule has 2 aliphatic rings. The summed E-state index contributed by atoms with van der Waals surface area (Å²) >= 11 is 0. The van der Waals surface area contributed by atoms with Gasteiger partial charge >= 0.3 is 0 Å². The van der Waals surface area contributed by atoms with Crippen molar-refractivity contribution in [2.24, 2.45) is 0 Å². The number of nitrogens with one attached hydrogen (secondary N) is 3. The van der Waals surface area contributed by atoms with E-state index in [2.05, 4.69) is 16.0 Å². The van der Waals surface area contributed by atoms with Gasteiger partial charge in [0.25, 0.3) is 0 Å². The third-order valence-electron chi connectivity index (χ3n) is 2.20. The van der Waals surface area contributed by atoms with Crippen molar-refractivity contribution < 1.29 is 4.79 Å². The van der Waals surface area contributed by atoms with Gasteiger partial charge in [0.15, 0.2) is 0 Å². The van der Waals surface area contributed by atoms with Crippen molar-refractivity contribution >= 4 is 5.91 Å². The summed E-state index contributed by atoms with van der Waals surface area (Å²) < 4.78 is 0. The van der Waals surface area contributed by atoms with E-state index in [1.807, 2.05) is 6.54 Å². The fourth-order valence-corrected chi connectivity index (χ4v) is 1.61. The Bertz CT molecular complexity index is 175. The SMILES string of the molecule is O=C1CC2([CH]N1)CNCCN2. The lowest BCUT2D eigenvalue weighted by molar-refractivity contribution is -0.119. The molecule has 4 nitrogen and oxygen atoms in total. The molecule has 0 saturated carbocycles. The molecule has 0 aromatic rings. The average Bonchev–Trinajstić information content (AvgIpc) is 2.34. The molecule has 2 aliphatic heterocycles. The van der Waals surface area contributed by atoms with Gasteiger partial charge in [0, 0.05) is 26.1 Å². The minimum atomic E-state index is -0.102. The maximum atomic E-state index is 10.9. The lowest BCUT2D eigenvalue weighted by Gasteiger charge is -2.33. The van der Waals surface area contributed by atoms with Crippen molar-refractivity contribution in [2.45, 2.75) is 12.0 Å². The number of carbonyl (C=O) groups is 1. The standard InChI is InChI=1S/C7H12N3O/c11-6-3-7(5-9-6)4-8-1-2-10-7/h5,8,10H,1-4H2,(H,9,11). The van der Waals surface area contributed by atoms with Crippen LogP contribution in [0.3, 0.4) is 0 Å². The highest BCUT2D eigenvalue weighted by atomic mass is 16.2. The maximum absolute atomic E-state index is 10.9. The Hall–Kier alpha value is -0.610. The molecular formula is C7H12N3O. The van der Waals surface area contributed by atoms with E-state index in [0.717, 1.165) is 19.6 Å². The number of rotatable bonds is 0. The Kier molecular flexibility index (Phi) is 1.58. The van der Waals surface area contributed by atoms with Gasteiger partial charge in [-0.25, -0.2) is 0 Å². The summed E-state index contributed by atoms with van der Waals surface area (Å²) in [5, 5.41) is 9.29. The van der Waals surface area contributed by atoms with E-state index in [1.165, 1.54) is 0 Å². The lowest BCUT2D eigenvalue weighted by atomic mass is 9.97. The molecule has 1 spiro atoms. The van der Waals surface area contributed by atoms with Gasteiger partial charge in [-0.15, -0.1) is 0 Å². The van der Waals surface area contributed by atoms with Crippen molar-refractivity contribution in [3.63, 3.8) is 0 Å². The maximum Gasteiger partial charge on any atom is 0.222 e. The highest BCUT2D eigenvalue weighted by molar-refractivity contribution is 5.81. The quantitative estimate of drug-likeness (QED) is 0.402. The molecule has 0 aromatic carbocycles. The summed E-state index contributed by atoms with van der Waals surface area (Å²) in [5.74, 6) is 0.112. The zero-order valence-corrected chi connectivity index (χ0v) is 6.31. The number of piperazine rings is 1. The molecule has 2 heterocycles. The minimum absolute atomic E-state index is 0.102. The highest BCUT2D eigenvalue weighted by Crippen LogP contribution is 2.19. The molecule has 1 atom stereocenters. The molecule has 11 heavy (non-hydrogen) atoms. The number of hydrogen-bond acceptors (Lipinski definition) is 3. The topological polar surface area (TPSA) is 53.2 Å². The first-order chi connectivity index (χ1) is 5.31. The molecular weight excluding hydrogens is 142 g/mol. The first-order valence-corrected chi connectivity index (χ1v) is 3.90. The second kappa shape index (κ2) is 2.46. The van der Waals surface area contributed by atoms with Crippen molar-refractivity contribution in [3.05, 3.63) is 6.54 Å².